The molecule has 0 radical (unpaired) electrons. The predicted octanol–water partition coefficient (Wildman–Crippen LogP) is 3.16. The number of carbonyl (C=O) groups is 2. The Labute approximate surface area is 190 Å². The van der Waals surface area contributed by atoms with E-state index in [0.29, 0.717) is 39.2 Å². The molecule has 0 spiro atoms. The molecule has 31 heavy (non-hydrogen) atoms. The number of benzene rings is 1. The molecule has 0 amide bonds. The monoisotopic (exact) mass is 463 g/mol. The van der Waals surface area contributed by atoms with Gasteiger partial charge in [-0.1, -0.05) is 12.1 Å². The first kappa shape index (κ1) is 22.8. The number of hydrogen-bond acceptors (Lipinski definition) is 8. The number of methoxy groups -OCH3 is 3. The number of thiocarbonyl (C=S) groups is 1. The van der Waals surface area contributed by atoms with E-state index in [0.717, 1.165) is 35.9 Å². The number of anilines is 2. The van der Waals surface area contributed by atoms with Gasteiger partial charge >= 0.3 is 11.9 Å². The molecular formula is C21H25N3O5S2. The van der Waals surface area contributed by atoms with Crippen LogP contribution in [0.1, 0.15) is 25.6 Å². The molecule has 1 N–H and O–H groups in total. The molecule has 2 aromatic rings. The molecule has 2 heterocycles. The first-order chi connectivity index (χ1) is 14.9. The Morgan fingerprint density at radius 2 is 1.68 bits per heavy atom. The standard InChI is InChI=1S/C21H25N3O5S2/c1-13-16(19(25)28-3)18(31-17(13)20(26)29-4)22-21(30)24-11-9-23(10-12-24)14-7-5-6-8-15(14)27-2/h5-8H,9-12H2,1-4H3,(H,22,30). The van der Waals surface area contributed by atoms with Crippen LogP contribution in [-0.4, -0.2) is 69.5 Å². The minimum Gasteiger partial charge on any atom is -0.495 e. The van der Waals surface area contributed by atoms with Gasteiger partial charge in [-0.2, -0.15) is 0 Å². The summed E-state index contributed by atoms with van der Waals surface area (Å²) in [6, 6.07) is 7.92. The van der Waals surface area contributed by atoms with Gasteiger partial charge in [0, 0.05) is 26.2 Å². The van der Waals surface area contributed by atoms with Crippen LogP contribution < -0.4 is 15.0 Å². The lowest BCUT2D eigenvalue weighted by atomic mass is 10.1. The number of esters is 2. The normalized spacial score (nSPS) is 13.5. The number of nitrogens with one attached hydrogen (secondary N) is 1. The first-order valence-electron chi connectivity index (χ1n) is 9.65. The van der Waals surface area contributed by atoms with Crippen LogP contribution in [0.3, 0.4) is 0 Å². The van der Waals surface area contributed by atoms with Crippen molar-refractivity contribution in [1.29, 1.82) is 0 Å². The maximum atomic E-state index is 12.3. The molecule has 10 heteroatoms. The lowest BCUT2D eigenvalue weighted by Crippen LogP contribution is -2.50. The molecule has 0 bridgehead atoms. The van der Waals surface area contributed by atoms with Crippen molar-refractivity contribution in [3.8, 4) is 5.75 Å². The number of ether oxygens (including phenoxy) is 3. The summed E-state index contributed by atoms with van der Waals surface area (Å²) in [6.07, 6.45) is 0. The lowest BCUT2D eigenvalue weighted by molar-refractivity contribution is 0.0601. The van der Waals surface area contributed by atoms with Gasteiger partial charge in [-0.15, -0.1) is 11.3 Å². The Morgan fingerprint density at radius 1 is 1.03 bits per heavy atom. The van der Waals surface area contributed by atoms with Crippen molar-refractivity contribution in [2.24, 2.45) is 0 Å². The Hall–Kier alpha value is -2.85. The highest BCUT2D eigenvalue weighted by molar-refractivity contribution is 7.80. The van der Waals surface area contributed by atoms with Crippen molar-refractivity contribution in [3.63, 3.8) is 0 Å². The fraction of sp³-hybridized carbons (Fsp3) is 0.381. The van der Waals surface area contributed by atoms with E-state index >= 15 is 0 Å². The van der Waals surface area contributed by atoms with E-state index in [-0.39, 0.29) is 0 Å². The Morgan fingerprint density at radius 3 is 2.29 bits per heavy atom. The highest BCUT2D eigenvalue weighted by atomic mass is 32.1. The van der Waals surface area contributed by atoms with Gasteiger partial charge in [0.05, 0.1) is 32.6 Å². The van der Waals surface area contributed by atoms with E-state index < -0.39 is 11.9 Å². The molecule has 1 aromatic heterocycles. The van der Waals surface area contributed by atoms with Crippen LogP contribution >= 0.6 is 23.6 Å². The van der Waals surface area contributed by atoms with Gasteiger partial charge in [0.2, 0.25) is 0 Å². The van der Waals surface area contributed by atoms with Gasteiger partial charge in [-0.25, -0.2) is 9.59 Å². The van der Waals surface area contributed by atoms with Crippen LogP contribution in [0.4, 0.5) is 10.7 Å². The van der Waals surface area contributed by atoms with Gasteiger partial charge in [-0.3, -0.25) is 0 Å². The third-order valence-corrected chi connectivity index (χ3v) is 6.67. The van der Waals surface area contributed by atoms with E-state index in [1.807, 2.05) is 29.2 Å². The average molecular weight is 464 g/mol. The zero-order valence-corrected chi connectivity index (χ0v) is 19.5. The molecule has 1 aromatic carbocycles. The molecule has 1 saturated heterocycles. The van der Waals surface area contributed by atoms with Crippen molar-refractivity contribution in [2.75, 3.05) is 57.7 Å². The van der Waals surface area contributed by atoms with E-state index in [1.165, 1.54) is 14.2 Å². The van der Waals surface area contributed by atoms with Crippen LogP contribution in [0.2, 0.25) is 0 Å². The number of nitrogens with zero attached hydrogens (tertiary/aromatic N) is 2. The molecule has 0 aliphatic carbocycles. The zero-order valence-electron chi connectivity index (χ0n) is 17.9. The number of piperazine rings is 1. The van der Waals surface area contributed by atoms with Crippen LogP contribution in [0.25, 0.3) is 0 Å². The van der Waals surface area contributed by atoms with Gasteiger partial charge in [-0.05, 0) is 36.8 Å². The molecule has 0 saturated carbocycles. The summed E-state index contributed by atoms with van der Waals surface area (Å²) in [4.78, 5) is 29.0. The largest absolute Gasteiger partial charge is 0.495 e. The van der Waals surface area contributed by atoms with Gasteiger partial charge < -0.3 is 29.3 Å². The highest BCUT2D eigenvalue weighted by Crippen LogP contribution is 2.34. The molecule has 0 unspecified atom stereocenters. The Bertz CT molecular complexity index is 983. The SMILES string of the molecule is COC(=O)c1sc(NC(=S)N2CCN(c3ccccc3OC)CC2)c(C(=O)OC)c1C. The minimum atomic E-state index is -0.532. The summed E-state index contributed by atoms with van der Waals surface area (Å²) < 4.78 is 15.2. The molecule has 1 aliphatic heterocycles. The predicted molar refractivity (Wildman–Crippen MR) is 125 cm³/mol. The van der Waals surface area contributed by atoms with Crippen LogP contribution in [0, 0.1) is 6.92 Å². The van der Waals surface area contributed by atoms with Gasteiger partial charge in [0.25, 0.3) is 0 Å². The van der Waals surface area contributed by atoms with E-state index in [2.05, 4.69) is 10.2 Å². The second kappa shape index (κ2) is 9.97. The highest BCUT2D eigenvalue weighted by Gasteiger charge is 2.28. The molecular weight excluding hydrogens is 438 g/mol. The van der Waals surface area contributed by atoms with Gasteiger partial charge in [0.1, 0.15) is 15.6 Å². The fourth-order valence-corrected chi connectivity index (χ4v) is 4.92. The maximum Gasteiger partial charge on any atom is 0.348 e. The summed E-state index contributed by atoms with van der Waals surface area (Å²) in [6.45, 7) is 4.62. The number of hydrogen-bond donors (Lipinski definition) is 1. The summed E-state index contributed by atoms with van der Waals surface area (Å²) in [7, 11) is 4.27. The minimum absolute atomic E-state index is 0.294. The third-order valence-electron chi connectivity index (χ3n) is 5.12. The number of para-hydroxylation sites is 2. The zero-order chi connectivity index (χ0) is 22.5. The summed E-state index contributed by atoms with van der Waals surface area (Å²) in [5.41, 5.74) is 1.85. The number of carbonyl (C=O) groups excluding carboxylic acids is 2. The third kappa shape index (κ3) is 4.75. The van der Waals surface area contributed by atoms with Crippen LogP contribution in [0.15, 0.2) is 24.3 Å². The summed E-state index contributed by atoms with van der Waals surface area (Å²) >= 11 is 6.73. The second-order valence-electron chi connectivity index (χ2n) is 6.82. The van der Waals surface area contributed by atoms with Crippen molar-refractivity contribution < 1.29 is 23.8 Å². The van der Waals surface area contributed by atoms with Crippen molar-refractivity contribution in [3.05, 3.63) is 40.3 Å². The quantitative estimate of drug-likeness (QED) is 0.531. The summed E-state index contributed by atoms with van der Waals surface area (Å²) in [5, 5.41) is 4.10. The van der Waals surface area contributed by atoms with Crippen LogP contribution in [-0.2, 0) is 9.47 Å². The summed E-state index contributed by atoms with van der Waals surface area (Å²) in [5.74, 6) is -0.198. The Balaban J connectivity index is 1.73. The molecule has 0 atom stereocenters. The van der Waals surface area contributed by atoms with Crippen molar-refractivity contribution in [2.45, 2.75) is 6.92 Å². The fourth-order valence-electron chi connectivity index (χ4n) is 3.45. The molecule has 1 fully saturated rings. The maximum absolute atomic E-state index is 12.3. The average Bonchev–Trinajstić information content (AvgIpc) is 3.13. The molecule has 166 valence electrons. The van der Waals surface area contributed by atoms with Crippen LogP contribution in [0.5, 0.6) is 5.75 Å². The number of thiophene rings is 1. The van der Waals surface area contributed by atoms with Crippen molar-refractivity contribution in [1.82, 2.24) is 4.90 Å². The Kier molecular flexibility index (Phi) is 7.34. The van der Waals surface area contributed by atoms with E-state index in [4.69, 9.17) is 26.4 Å². The number of rotatable bonds is 5. The second-order valence-corrected chi connectivity index (χ2v) is 8.23. The molecule has 1 aliphatic rings. The topological polar surface area (TPSA) is 80.3 Å². The smallest absolute Gasteiger partial charge is 0.348 e. The van der Waals surface area contributed by atoms with E-state index in [9.17, 15) is 9.59 Å². The lowest BCUT2D eigenvalue weighted by Gasteiger charge is -2.37. The molecule has 8 nitrogen and oxygen atoms in total. The first-order valence-corrected chi connectivity index (χ1v) is 10.9. The molecule has 3 rings (SSSR count). The van der Waals surface area contributed by atoms with Crippen molar-refractivity contribution >= 4 is 51.3 Å². The van der Waals surface area contributed by atoms with Gasteiger partial charge in [0.15, 0.2) is 5.11 Å². The van der Waals surface area contributed by atoms with E-state index in [1.54, 1.807) is 14.0 Å².